The van der Waals surface area contributed by atoms with Crippen LogP contribution in [0.2, 0.25) is 0 Å². The molecule has 1 aromatic heterocycles. The minimum Gasteiger partial charge on any atom is -0.374 e. The molecule has 0 radical (unpaired) electrons. The molecule has 28 heavy (non-hydrogen) atoms. The van der Waals surface area contributed by atoms with Gasteiger partial charge in [-0.3, -0.25) is 4.99 Å². The number of hydrogen-bond acceptors (Lipinski definition) is 4. The zero-order chi connectivity index (χ0) is 20.9. The molecule has 2 atom stereocenters. The van der Waals surface area contributed by atoms with Crippen LogP contribution in [-0.4, -0.2) is 68.9 Å². The van der Waals surface area contributed by atoms with Crippen molar-refractivity contribution < 1.29 is 18.3 Å². The Bertz CT molecular complexity index is 664. The van der Waals surface area contributed by atoms with Crippen molar-refractivity contribution in [3.8, 4) is 0 Å². The molecular formula is C18H30F3N5OS. The summed E-state index contributed by atoms with van der Waals surface area (Å²) in [5.41, 5.74) is -3.04. The van der Waals surface area contributed by atoms with Gasteiger partial charge in [-0.15, -0.1) is 0 Å². The first-order valence-electron chi connectivity index (χ1n) is 9.52. The molecule has 2 rings (SSSR count). The fourth-order valence-electron chi connectivity index (χ4n) is 3.16. The molecule has 6 nitrogen and oxygen atoms in total. The molecule has 0 saturated carbocycles. The van der Waals surface area contributed by atoms with Crippen molar-refractivity contribution in [1.82, 2.24) is 19.8 Å². The van der Waals surface area contributed by atoms with Crippen molar-refractivity contribution in [2.75, 3.05) is 31.9 Å². The van der Waals surface area contributed by atoms with Crippen molar-refractivity contribution in [3.63, 3.8) is 0 Å². The van der Waals surface area contributed by atoms with Crippen LogP contribution in [0.25, 0.3) is 0 Å². The molecule has 1 aromatic rings. The van der Waals surface area contributed by atoms with Gasteiger partial charge in [0.15, 0.2) is 5.96 Å². The Morgan fingerprint density at radius 1 is 1.46 bits per heavy atom. The number of hydrogen-bond donors (Lipinski definition) is 2. The fraction of sp³-hybridized carbons (Fsp3) is 0.778. The Labute approximate surface area is 168 Å². The largest absolute Gasteiger partial charge is 0.424 e. The van der Waals surface area contributed by atoms with Gasteiger partial charge < -0.3 is 19.9 Å². The minimum absolute atomic E-state index is 0.165. The van der Waals surface area contributed by atoms with Crippen molar-refractivity contribution in [3.05, 3.63) is 18.2 Å². The second-order valence-corrected chi connectivity index (χ2v) is 8.65. The van der Waals surface area contributed by atoms with Crippen LogP contribution in [0.1, 0.15) is 33.0 Å². The summed E-state index contributed by atoms with van der Waals surface area (Å²) in [4.78, 5) is 10.2. The number of aryl methyl sites for hydroxylation is 1. The third-order valence-electron chi connectivity index (χ3n) is 4.87. The van der Waals surface area contributed by atoms with E-state index in [9.17, 15) is 18.3 Å². The van der Waals surface area contributed by atoms with Gasteiger partial charge in [0.2, 0.25) is 5.60 Å². The van der Waals surface area contributed by atoms with Crippen molar-refractivity contribution in [1.29, 1.82) is 0 Å². The topological polar surface area (TPSA) is 65.7 Å². The second-order valence-electron chi connectivity index (χ2n) is 7.30. The summed E-state index contributed by atoms with van der Waals surface area (Å²) < 4.78 is 42.1. The highest BCUT2D eigenvalue weighted by atomic mass is 32.2. The monoisotopic (exact) mass is 421 g/mol. The van der Waals surface area contributed by atoms with Crippen LogP contribution in [0.15, 0.2) is 17.4 Å². The molecule has 2 unspecified atom stereocenters. The number of nitrogens with zero attached hydrogens (tertiary/aromatic N) is 4. The minimum atomic E-state index is -4.84. The number of alkyl halides is 3. The van der Waals surface area contributed by atoms with Crippen LogP contribution in [-0.2, 0) is 12.6 Å². The highest BCUT2D eigenvalue weighted by Crippen LogP contribution is 2.40. The first kappa shape index (κ1) is 22.9. The smallest absolute Gasteiger partial charge is 0.374 e. The van der Waals surface area contributed by atoms with E-state index in [1.54, 1.807) is 0 Å². The van der Waals surface area contributed by atoms with E-state index < -0.39 is 24.0 Å². The quantitative estimate of drug-likeness (QED) is 0.546. The first-order valence-corrected chi connectivity index (χ1v) is 10.6. The Balaban J connectivity index is 2.16. The second kappa shape index (κ2) is 9.39. The number of aromatic nitrogens is 2. The number of aliphatic imine (C=N–C) groups is 1. The van der Waals surface area contributed by atoms with Crippen molar-refractivity contribution >= 4 is 17.7 Å². The number of rotatable bonds is 6. The lowest BCUT2D eigenvalue weighted by molar-refractivity contribution is -0.272. The molecule has 10 heteroatoms. The van der Waals surface area contributed by atoms with Crippen LogP contribution < -0.4 is 5.32 Å². The van der Waals surface area contributed by atoms with E-state index in [0.717, 1.165) is 18.8 Å². The predicted molar refractivity (Wildman–Crippen MR) is 106 cm³/mol. The Kier molecular flexibility index (Phi) is 7.66. The molecule has 1 fully saturated rings. The fourth-order valence-corrected chi connectivity index (χ4v) is 4.46. The van der Waals surface area contributed by atoms with E-state index in [2.05, 4.69) is 34.0 Å². The van der Waals surface area contributed by atoms with Crippen LogP contribution in [0.5, 0.6) is 0 Å². The molecule has 1 aliphatic rings. The van der Waals surface area contributed by atoms with Gasteiger partial charge in [0, 0.05) is 63.0 Å². The molecule has 1 saturated heterocycles. The van der Waals surface area contributed by atoms with Gasteiger partial charge >= 0.3 is 6.18 Å². The zero-order valence-electron chi connectivity index (χ0n) is 16.8. The maximum atomic E-state index is 13.6. The number of imidazole rings is 1. The summed E-state index contributed by atoms with van der Waals surface area (Å²) in [6, 6.07) is 0. The first-order chi connectivity index (χ1) is 13.1. The van der Waals surface area contributed by atoms with Crippen LogP contribution in [0, 0.1) is 5.92 Å². The summed E-state index contributed by atoms with van der Waals surface area (Å²) in [6.07, 6.45) is -2.80. The zero-order valence-corrected chi connectivity index (χ0v) is 17.6. The number of aliphatic hydroxyl groups is 1. The maximum Gasteiger partial charge on any atom is 0.424 e. The molecule has 0 bridgehead atoms. The molecule has 2 heterocycles. The molecule has 2 N–H and O–H groups in total. The molecule has 0 spiro atoms. The van der Waals surface area contributed by atoms with E-state index in [-0.39, 0.29) is 6.54 Å². The Morgan fingerprint density at radius 3 is 2.71 bits per heavy atom. The van der Waals surface area contributed by atoms with E-state index >= 15 is 0 Å². The number of nitrogens with one attached hydrogen (secondary N) is 1. The lowest BCUT2D eigenvalue weighted by atomic mass is 9.98. The maximum absolute atomic E-state index is 13.6. The number of thioether (sulfide) groups is 1. The highest BCUT2D eigenvalue weighted by Gasteiger charge is 2.57. The van der Waals surface area contributed by atoms with Gasteiger partial charge in [-0.2, -0.15) is 24.9 Å². The van der Waals surface area contributed by atoms with Gasteiger partial charge in [-0.25, -0.2) is 4.98 Å². The summed E-state index contributed by atoms with van der Waals surface area (Å²) in [5.74, 6) is 1.63. The van der Waals surface area contributed by atoms with Gasteiger partial charge in [0.25, 0.3) is 0 Å². The molecule has 0 amide bonds. The molecule has 0 aliphatic carbocycles. The van der Waals surface area contributed by atoms with Gasteiger partial charge in [0.1, 0.15) is 5.82 Å². The van der Waals surface area contributed by atoms with E-state index in [4.69, 9.17) is 0 Å². The summed E-state index contributed by atoms with van der Waals surface area (Å²) in [6.45, 7) is 8.32. The number of halogens is 3. The summed E-state index contributed by atoms with van der Waals surface area (Å²) in [7, 11) is 1.43. The van der Waals surface area contributed by atoms with E-state index in [1.165, 1.54) is 24.0 Å². The highest BCUT2D eigenvalue weighted by molar-refractivity contribution is 8.00. The van der Waals surface area contributed by atoms with Crippen molar-refractivity contribution in [2.24, 2.45) is 18.0 Å². The third-order valence-corrected chi connectivity index (χ3v) is 6.41. The van der Waals surface area contributed by atoms with E-state index in [0.29, 0.717) is 23.7 Å². The Morgan fingerprint density at radius 2 is 2.18 bits per heavy atom. The molecular weight excluding hydrogens is 391 g/mol. The van der Waals surface area contributed by atoms with Crippen molar-refractivity contribution in [2.45, 2.75) is 44.2 Å². The Hall–Kier alpha value is -1.42. The van der Waals surface area contributed by atoms with E-state index in [1.807, 2.05) is 18.7 Å². The average Bonchev–Trinajstić information content (AvgIpc) is 3.06. The molecule has 160 valence electrons. The van der Waals surface area contributed by atoms with Crippen LogP contribution >= 0.6 is 11.8 Å². The van der Waals surface area contributed by atoms with Gasteiger partial charge in [0.05, 0.1) is 0 Å². The lowest BCUT2D eigenvalue weighted by Crippen LogP contribution is -2.49. The summed E-state index contributed by atoms with van der Waals surface area (Å²) >= 11 is 1.92. The number of guanidine groups is 1. The predicted octanol–water partition coefficient (Wildman–Crippen LogP) is 2.60. The van der Waals surface area contributed by atoms with Gasteiger partial charge in [-0.05, 0) is 12.8 Å². The van der Waals surface area contributed by atoms with Gasteiger partial charge in [-0.1, -0.05) is 13.8 Å². The summed E-state index contributed by atoms with van der Waals surface area (Å²) in [5, 5.41) is 14.1. The normalized spacial score (nSPS) is 21.1. The average molecular weight is 422 g/mol. The third kappa shape index (κ3) is 5.14. The lowest BCUT2D eigenvalue weighted by Gasteiger charge is -2.36. The molecule has 0 aromatic carbocycles. The molecule has 1 aliphatic heterocycles. The van der Waals surface area contributed by atoms with Crippen LogP contribution in [0.4, 0.5) is 13.2 Å². The standard InChI is InChI=1S/C18H30F3N5OS/c1-5-22-16(26-10-11-28-14(12-26)13(2)3)24-7-6-17(27,18(19,20)21)15-23-8-9-25(15)4/h8-9,13-14,27H,5-7,10-12H2,1-4H3,(H,22,24). The van der Waals surface area contributed by atoms with Crippen LogP contribution in [0.3, 0.4) is 0 Å². The SMILES string of the molecule is CCNC(=NCCC(O)(c1nccn1C)C(F)(F)F)N1CCSC(C(C)C)C1.